The van der Waals surface area contributed by atoms with Gasteiger partial charge in [0.05, 0.1) is 0 Å². The summed E-state index contributed by atoms with van der Waals surface area (Å²) < 4.78 is 5.69. The van der Waals surface area contributed by atoms with Crippen molar-refractivity contribution in [2.45, 2.75) is 38.3 Å². The number of carbonyl (C=O) groups is 3. The van der Waals surface area contributed by atoms with E-state index in [1.54, 1.807) is 36.9 Å². The van der Waals surface area contributed by atoms with Crippen molar-refractivity contribution < 1.29 is 19.1 Å². The fourth-order valence-corrected chi connectivity index (χ4v) is 4.14. The highest BCUT2D eigenvalue weighted by molar-refractivity contribution is 6.34. The van der Waals surface area contributed by atoms with Crippen molar-refractivity contribution in [2.24, 2.45) is 5.92 Å². The minimum absolute atomic E-state index is 0.0315. The number of likely N-dealkylation sites (tertiary alicyclic amines) is 1. The molecule has 2 saturated heterocycles. The van der Waals surface area contributed by atoms with Crippen LogP contribution in [0.5, 0.6) is 5.75 Å². The maximum Gasteiger partial charge on any atom is 0.322 e. The van der Waals surface area contributed by atoms with E-state index >= 15 is 0 Å². The lowest BCUT2D eigenvalue weighted by Gasteiger charge is -2.39. The molecule has 2 aliphatic rings. The maximum atomic E-state index is 12.7. The number of carbonyl (C=O) groups excluding carboxylic acids is 3. The molecular weight excluding hydrogens is 393 g/mol. The Morgan fingerprint density at radius 2 is 1.81 bits per heavy atom. The largest absolute Gasteiger partial charge is 0.481 e. The van der Waals surface area contributed by atoms with Crippen LogP contribution in [0.25, 0.3) is 0 Å². The highest BCUT2D eigenvalue weighted by Crippen LogP contribution is 2.31. The number of imide groups is 1. The van der Waals surface area contributed by atoms with E-state index in [1.807, 2.05) is 0 Å². The van der Waals surface area contributed by atoms with Gasteiger partial charge in [-0.25, -0.2) is 4.79 Å². The Balaban J connectivity index is 1.58. The predicted molar refractivity (Wildman–Crippen MR) is 101 cm³/mol. The predicted octanol–water partition coefficient (Wildman–Crippen LogP) is 2.60. The molecule has 2 N–H and O–H groups in total. The van der Waals surface area contributed by atoms with Crippen molar-refractivity contribution in [1.82, 2.24) is 15.5 Å². The third-order valence-corrected chi connectivity index (χ3v) is 5.63. The number of benzene rings is 1. The number of nitrogens with one attached hydrogen (secondary N) is 2. The van der Waals surface area contributed by atoms with Gasteiger partial charge in [-0.15, -0.1) is 0 Å². The number of hydrogen-bond acceptors (Lipinski definition) is 4. The molecule has 4 amide bonds. The second kappa shape index (κ2) is 7.56. The molecule has 0 saturated carbocycles. The van der Waals surface area contributed by atoms with E-state index in [2.05, 4.69) is 10.6 Å². The summed E-state index contributed by atoms with van der Waals surface area (Å²) in [7, 11) is 0. The van der Waals surface area contributed by atoms with Gasteiger partial charge in [0.2, 0.25) is 0 Å². The van der Waals surface area contributed by atoms with Crippen LogP contribution in [0.3, 0.4) is 0 Å². The van der Waals surface area contributed by atoms with Gasteiger partial charge in [0, 0.05) is 23.1 Å². The lowest BCUT2D eigenvalue weighted by atomic mass is 9.79. The van der Waals surface area contributed by atoms with Crippen LogP contribution in [0.2, 0.25) is 10.0 Å². The Morgan fingerprint density at radius 3 is 2.33 bits per heavy atom. The molecule has 3 rings (SSSR count). The standard InChI is InChI=1S/C18H21Cl2N3O4/c1-10(27-14-8-12(19)7-13(20)9-14)15(24)23-5-3-11(4-6-23)18(2)16(25)21-17(26)22-18/h7-11H,3-6H2,1-2H3,(H2,21,22,25,26)/t10-,18-/m0/s1. The number of hydrogen-bond donors (Lipinski definition) is 2. The van der Waals surface area contributed by atoms with Crippen LogP contribution in [0.4, 0.5) is 4.79 Å². The average molecular weight is 414 g/mol. The quantitative estimate of drug-likeness (QED) is 0.742. The van der Waals surface area contributed by atoms with Gasteiger partial charge in [-0.2, -0.15) is 0 Å². The number of urea groups is 1. The molecule has 0 aliphatic carbocycles. The van der Waals surface area contributed by atoms with Gasteiger partial charge in [-0.3, -0.25) is 14.9 Å². The minimum atomic E-state index is -0.925. The van der Waals surface area contributed by atoms with Gasteiger partial charge in [-0.1, -0.05) is 23.2 Å². The molecule has 27 heavy (non-hydrogen) atoms. The molecule has 0 unspecified atom stereocenters. The molecule has 2 heterocycles. The van der Waals surface area contributed by atoms with Gasteiger partial charge in [0.15, 0.2) is 6.10 Å². The first kappa shape index (κ1) is 19.8. The topological polar surface area (TPSA) is 87.7 Å². The Labute approximate surface area is 167 Å². The molecule has 146 valence electrons. The molecule has 2 fully saturated rings. The van der Waals surface area contributed by atoms with E-state index in [-0.39, 0.29) is 17.7 Å². The number of nitrogens with zero attached hydrogens (tertiary/aromatic N) is 1. The molecule has 7 nitrogen and oxygen atoms in total. The van der Waals surface area contributed by atoms with Crippen molar-refractivity contribution in [1.29, 1.82) is 0 Å². The number of amides is 4. The van der Waals surface area contributed by atoms with Crippen LogP contribution in [-0.4, -0.2) is 47.5 Å². The molecule has 0 aromatic heterocycles. The second-order valence-corrected chi connectivity index (χ2v) is 7.95. The minimum Gasteiger partial charge on any atom is -0.481 e. The molecule has 0 bridgehead atoms. The zero-order valence-electron chi connectivity index (χ0n) is 15.1. The van der Waals surface area contributed by atoms with Crippen molar-refractivity contribution in [3.63, 3.8) is 0 Å². The summed E-state index contributed by atoms with van der Waals surface area (Å²) in [6, 6.07) is 4.33. The normalized spacial score (nSPS) is 24.4. The SMILES string of the molecule is C[C@H](Oc1cc(Cl)cc(Cl)c1)C(=O)N1CCC([C@]2(C)NC(=O)NC2=O)CC1. The Kier molecular flexibility index (Phi) is 5.53. The fraction of sp³-hybridized carbons (Fsp3) is 0.500. The third-order valence-electron chi connectivity index (χ3n) is 5.19. The van der Waals surface area contributed by atoms with E-state index in [0.29, 0.717) is 41.7 Å². The highest BCUT2D eigenvalue weighted by atomic mass is 35.5. The Hall–Kier alpha value is -1.99. The monoisotopic (exact) mass is 413 g/mol. The van der Waals surface area contributed by atoms with E-state index in [1.165, 1.54) is 0 Å². The van der Waals surface area contributed by atoms with E-state index < -0.39 is 17.7 Å². The molecule has 0 spiro atoms. The summed E-state index contributed by atoms with van der Waals surface area (Å²) >= 11 is 11.9. The number of piperidine rings is 1. The Bertz CT molecular complexity index is 760. The first-order valence-corrected chi connectivity index (χ1v) is 9.50. The lowest BCUT2D eigenvalue weighted by molar-refractivity contribution is -0.140. The van der Waals surface area contributed by atoms with Crippen LogP contribution >= 0.6 is 23.2 Å². The van der Waals surface area contributed by atoms with Gasteiger partial charge in [-0.05, 0) is 50.8 Å². The summed E-state index contributed by atoms with van der Waals surface area (Å²) in [5.74, 6) is -0.0570. The third kappa shape index (κ3) is 4.14. The fourth-order valence-electron chi connectivity index (χ4n) is 3.63. The summed E-state index contributed by atoms with van der Waals surface area (Å²) in [5.41, 5.74) is -0.925. The zero-order chi connectivity index (χ0) is 19.8. The van der Waals surface area contributed by atoms with E-state index in [9.17, 15) is 14.4 Å². The summed E-state index contributed by atoms with van der Waals surface area (Å²) in [6.07, 6.45) is 0.540. The average Bonchev–Trinajstić information content (AvgIpc) is 2.86. The zero-order valence-corrected chi connectivity index (χ0v) is 16.6. The molecule has 1 aromatic carbocycles. The molecule has 9 heteroatoms. The van der Waals surface area contributed by atoms with Crippen molar-refractivity contribution in [2.75, 3.05) is 13.1 Å². The van der Waals surface area contributed by atoms with Crippen molar-refractivity contribution in [3.8, 4) is 5.75 Å². The van der Waals surface area contributed by atoms with Gasteiger partial charge in [0.1, 0.15) is 11.3 Å². The summed E-state index contributed by atoms with van der Waals surface area (Å²) in [6.45, 7) is 4.39. The van der Waals surface area contributed by atoms with E-state index in [0.717, 1.165) is 0 Å². The van der Waals surface area contributed by atoms with Crippen LogP contribution in [0.15, 0.2) is 18.2 Å². The molecule has 0 radical (unpaired) electrons. The first-order chi connectivity index (χ1) is 12.7. The van der Waals surface area contributed by atoms with Crippen molar-refractivity contribution >= 4 is 41.0 Å². The second-order valence-electron chi connectivity index (χ2n) is 7.08. The van der Waals surface area contributed by atoms with E-state index in [4.69, 9.17) is 27.9 Å². The lowest BCUT2D eigenvalue weighted by Crippen LogP contribution is -2.55. The van der Waals surface area contributed by atoms with Gasteiger partial charge in [0.25, 0.3) is 11.8 Å². The van der Waals surface area contributed by atoms with Crippen LogP contribution in [0, 0.1) is 5.92 Å². The van der Waals surface area contributed by atoms with Crippen LogP contribution < -0.4 is 15.4 Å². The molecular formula is C18H21Cl2N3O4. The summed E-state index contributed by atoms with van der Waals surface area (Å²) in [5, 5.41) is 5.86. The molecule has 1 aromatic rings. The number of rotatable bonds is 4. The molecule has 2 aliphatic heterocycles. The maximum absolute atomic E-state index is 12.7. The van der Waals surface area contributed by atoms with Crippen LogP contribution in [-0.2, 0) is 9.59 Å². The molecule has 2 atom stereocenters. The van der Waals surface area contributed by atoms with Crippen LogP contribution in [0.1, 0.15) is 26.7 Å². The summed E-state index contributed by atoms with van der Waals surface area (Å²) in [4.78, 5) is 37.9. The Morgan fingerprint density at radius 1 is 1.22 bits per heavy atom. The number of ether oxygens (including phenoxy) is 1. The van der Waals surface area contributed by atoms with Gasteiger partial charge < -0.3 is 15.0 Å². The number of halogens is 2. The smallest absolute Gasteiger partial charge is 0.322 e. The van der Waals surface area contributed by atoms with Crippen molar-refractivity contribution in [3.05, 3.63) is 28.2 Å². The highest BCUT2D eigenvalue weighted by Gasteiger charge is 2.48. The first-order valence-electron chi connectivity index (χ1n) is 8.74. The van der Waals surface area contributed by atoms with Gasteiger partial charge >= 0.3 is 6.03 Å².